The zero-order chi connectivity index (χ0) is 11.0. The molecular formula is C15H21N. The predicted octanol–water partition coefficient (Wildman–Crippen LogP) is 2.89. The van der Waals surface area contributed by atoms with E-state index in [0.29, 0.717) is 0 Å². The Hall–Kier alpha value is -0.820. The Balaban J connectivity index is 2.00. The van der Waals surface area contributed by atoms with Crippen LogP contribution in [0, 0.1) is 5.92 Å². The summed E-state index contributed by atoms with van der Waals surface area (Å²) in [5, 5.41) is 3.38. The summed E-state index contributed by atoms with van der Waals surface area (Å²) in [6, 6.07) is 6.97. The van der Waals surface area contributed by atoms with Gasteiger partial charge in [0, 0.05) is 0 Å². The van der Waals surface area contributed by atoms with Crippen LogP contribution in [0.15, 0.2) is 18.2 Å². The Kier molecular flexibility index (Phi) is 2.72. The summed E-state index contributed by atoms with van der Waals surface area (Å²) in [5.74, 6) is 1.72. The lowest BCUT2D eigenvalue weighted by molar-refractivity contribution is 0.328. The fourth-order valence-electron chi connectivity index (χ4n) is 3.76. The second-order valence-corrected chi connectivity index (χ2v) is 5.35. The van der Waals surface area contributed by atoms with E-state index >= 15 is 0 Å². The van der Waals surface area contributed by atoms with Crippen LogP contribution >= 0.6 is 0 Å². The molecule has 0 amide bonds. The molecule has 0 bridgehead atoms. The first kappa shape index (κ1) is 10.3. The van der Waals surface area contributed by atoms with E-state index in [2.05, 4.69) is 30.6 Å². The highest BCUT2D eigenvalue weighted by Gasteiger charge is 2.32. The molecule has 1 nitrogen and oxygen atoms in total. The summed E-state index contributed by atoms with van der Waals surface area (Å²) < 4.78 is 0. The van der Waals surface area contributed by atoms with E-state index in [9.17, 15) is 0 Å². The molecule has 2 unspecified atom stereocenters. The minimum absolute atomic E-state index is 0.848. The van der Waals surface area contributed by atoms with Crippen LogP contribution in [0.3, 0.4) is 0 Å². The molecule has 2 atom stereocenters. The standard InChI is InChI=1S/C15H21N/c1-16-10-13-9-8-12-5-2-4-11-6-3-7-14(13)15(11)12/h2,4-5,13-14,16H,3,6-10H2,1H3. The summed E-state index contributed by atoms with van der Waals surface area (Å²) >= 11 is 0. The molecule has 1 aromatic rings. The average Bonchev–Trinajstić information content (AvgIpc) is 2.33. The molecule has 2 aliphatic rings. The van der Waals surface area contributed by atoms with Crippen molar-refractivity contribution in [2.24, 2.45) is 5.92 Å². The lowest BCUT2D eigenvalue weighted by Gasteiger charge is -2.38. The van der Waals surface area contributed by atoms with Gasteiger partial charge in [-0.05, 0) is 74.2 Å². The molecule has 0 fully saturated rings. The van der Waals surface area contributed by atoms with Gasteiger partial charge in [-0.1, -0.05) is 18.2 Å². The molecule has 0 radical (unpaired) electrons. The molecule has 0 heterocycles. The summed E-state index contributed by atoms with van der Waals surface area (Å²) in [6.07, 6.45) is 6.79. The fraction of sp³-hybridized carbons (Fsp3) is 0.600. The van der Waals surface area contributed by atoms with Gasteiger partial charge in [0.2, 0.25) is 0 Å². The number of hydrogen-bond acceptors (Lipinski definition) is 1. The van der Waals surface area contributed by atoms with Crippen molar-refractivity contribution >= 4 is 0 Å². The molecule has 86 valence electrons. The van der Waals surface area contributed by atoms with Gasteiger partial charge in [-0.3, -0.25) is 0 Å². The third-order valence-corrected chi connectivity index (χ3v) is 4.44. The summed E-state index contributed by atoms with van der Waals surface area (Å²) in [6.45, 7) is 1.19. The first-order valence-corrected chi connectivity index (χ1v) is 6.65. The van der Waals surface area contributed by atoms with Gasteiger partial charge in [0.05, 0.1) is 0 Å². The van der Waals surface area contributed by atoms with Crippen molar-refractivity contribution in [3.8, 4) is 0 Å². The van der Waals surface area contributed by atoms with Crippen molar-refractivity contribution in [2.45, 2.75) is 38.0 Å². The van der Waals surface area contributed by atoms with Crippen molar-refractivity contribution in [2.75, 3.05) is 13.6 Å². The van der Waals surface area contributed by atoms with Crippen LogP contribution in [0.5, 0.6) is 0 Å². The lowest BCUT2D eigenvalue weighted by atomic mass is 9.68. The average molecular weight is 215 g/mol. The fourth-order valence-corrected chi connectivity index (χ4v) is 3.76. The van der Waals surface area contributed by atoms with Crippen LogP contribution in [0.4, 0.5) is 0 Å². The highest BCUT2D eigenvalue weighted by Crippen LogP contribution is 2.44. The maximum atomic E-state index is 3.38. The van der Waals surface area contributed by atoms with Gasteiger partial charge in [0.15, 0.2) is 0 Å². The molecular weight excluding hydrogens is 194 g/mol. The van der Waals surface area contributed by atoms with Crippen molar-refractivity contribution < 1.29 is 0 Å². The van der Waals surface area contributed by atoms with Gasteiger partial charge >= 0.3 is 0 Å². The van der Waals surface area contributed by atoms with Crippen LogP contribution < -0.4 is 5.32 Å². The summed E-state index contributed by atoms with van der Waals surface area (Å²) in [5.41, 5.74) is 5.03. The molecule has 1 heteroatoms. The van der Waals surface area contributed by atoms with Crippen LogP contribution in [-0.4, -0.2) is 13.6 Å². The van der Waals surface area contributed by atoms with Gasteiger partial charge in [-0.25, -0.2) is 0 Å². The maximum absolute atomic E-state index is 3.38. The zero-order valence-corrected chi connectivity index (χ0v) is 10.1. The maximum Gasteiger partial charge on any atom is -0.00176 e. The number of benzene rings is 1. The monoisotopic (exact) mass is 215 g/mol. The summed E-state index contributed by atoms with van der Waals surface area (Å²) in [7, 11) is 2.09. The van der Waals surface area contributed by atoms with Gasteiger partial charge < -0.3 is 5.32 Å². The molecule has 0 spiro atoms. The van der Waals surface area contributed by atoms with Crippen LogP contribution in [0.1, 0.15) is 41.9 Å². The molecule has 16 heavy (non-hydrogen) atoms. The smallest absolute Gasteiger partial charge is 0.00176 e. The largest absolute Gasteiger partial charge is 0.319 e. The Bertz CT molecular complexity index is 369. The second kappa shape index (κ2) is 4.21. The second-order valence-electron chi connectivity index (χ2n) is 5.35. The number of rotatable bonds is 2. The van der Waals surface area contributed by atoms with E-state index in [1.807, 2.05) is 0 Å². The van der Waals surface area contributed by atoms with Crippen LogP contribution in [0.2, 0.25) is 0 Å². The van der Waals surface area contributed by atoms with E-state index in [0.717, 1.165) is 11.8 Å². The van der Waals surface area contributed by atoms with E-state index in [-0.39, 0.29) is 0 Å². The topological polar surface area (TPSA) is 12.0 Å². The molecule has 2 aliphatic carbocycles. The molecule has 0 saturated heterocycles. The number of hydrogen-bond donors (Lipinski definition) is 1. The molecule has 3 rings (SSSR count). The lowest BCUT2D eigenvalue weighted by Crippen LogP contribution is -2.31. The summed E-state index contributed by atoms with van der Waals surface area (Å²) in [4.78, 5) is 0. The van der Waals surface area contributed by atoms with E-state index in [4.69, 9.17) is 0 Å². The molecule has 1 aromatic carbocycles. The van der Waals surface area contributed by atoms with Crippen molar-refractivity contribution in [3.05, 3.63) is 34.9 Å². The first-order valence-electron chi connectivity index (χ1n) is 6.65. The Morgan fingerprint density at radius 1 is 1.19 bits per heavy atom. The van der Waals surface area contributed by atoms with Gasteiger partial charge in [-0.2, -0.15) is 0 Å². The molecule has 0 aliphatic heterocycles. The minimum atomic E-state index is 0.848. The number of nitrogens with one attached hydrogen (secondary N) is 1. The molecule has 0 saturated carbocycles. The highest BCUT2D eigenvalue weighted by atomic mass is 14.8. The van der Waals surface area contributed by atoms with Crippen molar-refractivity contribution in [3.63, 3.8) is 0 Å². The van der Waals surface area contributed by atoms with Crippen LogP contribution in [-0.2, 0) is 12.8 Å². The highest BCUT2D eigenvalue weighted by molar-refractivity contribution is 5.42. The zero-order valence-electron chi connectivity index (χ0n) is 10.1. The SMILES string of the molecule is CNCC1CCc2cccc3c2C1CCC3. The molecule has 0 aromatic heterocycles. The quantitative estimate of drug-likeness (QED) is 0.800. The van der Waals surface area contributed by atoms with E-state index in [1.54, 1.807) is 16.7 Å². The minimum Gasteiger partial charge on any atom is -0.319 e. The number of aryl methyl sites for hydroxylation is 2. The van der Waals surface area contributed by atoms with Crippen molar-refractivity contribution in [1.82, 2.24) is 5.32 Å². The predicted molar refractivity (Wildman–Crippen MR) is 67.9 cm³/mol. The third-order valence-electron chi connectivity index (χ3n) is 4.44. The van der Waals surface area contributed by atoms with Gasteiger partial charge in [-0.15, -0.1) is 0 Å². The Labute approximate surface area is 98.3 Å². The third kappa shape index (κ3) is 1.58. The normalized spacial score (nSPS) is 27.6. The Morgan fingerprint density at radius 3 is 2.81 bits per heavy atom. The van der Waals surface area contributed by atoms with Gasteiger partial charge in [0.25, 0.3) is 0 Å². The van der Waals surface area contributed by atoms with Gasteiger partial charge in [0.1, 0.15) is 0 Å². The van der Waals surface area contributed by atoms with Crippen LogP contribution in [0.25, 0.3) is 0 Å². The van der Waals surface area contributed by atoms with Crippen molar-refractivity contribution in [1.29, 1.82) is 0 Å². The molecule has 1 N–H and O–H groups in total. The van der Waals surface area contributed by atoms with E-state index < -0.39 is 0 Å². The van der Waals surface area contributed by atoms with E-state index in [1.165, 1.54) is 38.6 Å². The first-order chi connectivity index (χ1) is 7.90. The Morgan fingerprint density at radius 2 is 2.00 bits per heavy atom.